The average Bonchev–Trinajstić information content (AvgIpc) is 3.06. The summed E-state index contributed by atoms with van der Waals surface area (Å²) in [7, 11) is 1.62. The van der Waals surface area contributed by atoms with Crippen molar-refractivity contribution in [3.8, 4) is 11.5 Å². The zero-order valence-electron chi connectivity index (χ0n) is 15.2. The molecule has 5 nitrogen and oxygen atoms in total. The van der Waals surface area contributed by atoms with Crippen molar-refractivity contribution in [1.29, 1.82) is 0 Å². The minimum absolute atomic E-state index is 0.0503. The van der Waals surface area contributed by atoms with Gasteiger partial charge < -0.3 is 9.47 Å². The minimum Gasteiger partial charge on any atom is -0.493 e. The minimum atomic E-state index is -0.0503. The summed E-state index contributed by atoms with van der Waals surface area (Å²) in [5.41, 5.74) is 2.61. The van der Waals surface area contributed by atoms with Crippen LogP contribution in [0.15, 0.2) is 41.2 Å². The Hall–Kier alpha value is -2.79. The standard InChI is InChI=1S/C21H19ClN2O3/c1-3-27-19-11-13(4-7-18(19)26-2)10-14-8-9-24-20(14)23-17-6-5-15(22)12-16(17)21(24)25/h4-7,10-12H,3,8-9H2,1-2H3/b14-10+. The molecule has 0 spiro atoms. The van der Waals surface area contributed by atoms with Crippen molar-refractivity contribution in [2.75, 3.05) is 13.7 Å². The van der Waals surface area contributed by atoms with E-state index in [4.69, 9.17) is 26.1 Å². The number of benzene rings is 2. The molecule has 0 saturated heterocycles. The number of halogens is 1. The third-order valence-electron chi connectivity index (χ3n) is 4.64. The fourth-order valence-electron chi connectivity index (χ4n) is 3.38. The van der Waals surface area contributed by atoms with Gasteiger partial charge in [0.15, 0.2) is 11.5 Å². The van der Waals surface area contributed by atoms with Crippen molar-refractivity contribution in [2.45, 2.75) is 19.9 Å². The number of nitrogens with zero attached hydrogens (tertiary/aromatic N) is 2. The summed E-state index contributed by atoms with van der Waals surface area (Å²) in [5.74, 6) is 2.11. The smallest absolute Gasteiger partial charge is 0.261 e. The molecule has 138 valence electrons. The van der Waals surface area contributed by atoms with Gasteiger partial charge in [-0.05, 0) is 60.9 Å². The van der Waals surface area contributed by atoms with Gasteiger partial charge in [0.1, 0.15) is 5.82 Å². The van der Waals surface area contributed by atoms with E-state index in [9.17, 15) is 4.79 Å². The van der Waals surface area contributed by atoms with Crippen LogP contribution in [0.5, 0.6) is 11.5 Å². The molecule has 0 amide bonds. The lowest BCUT2D eigenvalue weighted by Crippen LogP contribution is -2.20. The monoisotopic (exact) mass is 382 g/mol. The molecule has 1 aromatic heterocycles. The molecule has 1 aliphatic heterocycles. The fourth-order valence-corrected chi connectivity index (χ4v) is 3.55. The van der Waals surface area contributed by atoms with Crippen molar-refractivity contribution in [3.05, 3.63) is 63.2 Å². The van der Waals surface area contributed by atoms with Crippen LogP contribution in [0.25, 0.3) is 22.6 Å². The molecule has 0 atom stereocenters. The molecule has 27 heavy (non-hydrogen) atoms. The highest BCUT2D eigenvalue weighted by atomic mass is 35.5. The number of rotatable bonds is 4. The van der Waals surface area contributed by atoms with Gasteiger partial charge in [0.05, 0.1) is 24.6 Å². The van der Waals surface area contributed by atoms with E-state index in [0.29, 0.717) is 46.4 Å². The van der Waals surface area contributed by atoms with E-state index >= 15 is 0 Å². The maximum atomic E-state index is 12.8. The van der Waals surface area contributed by atoms with Crippen LogP contribution in [0.4, 0.5) is 0 Å². The highest BCUT2D eigenvalue weighted by Gasteiger charge is 2.21. The molecule has 6 heteroatoms. The summed E-state index contributed by atoms with van der Waals surface area (Å²) in [6.07, 6.45) is 2.80. The van der Waals surface area contributed by atoms with Gasteiger partial charge in [-0.2, -0.15) is 0 Å². The highest BCUT2D eigenvalue weighted by molar-refractivity contribution is 6.31. The summed E-state index contributed by atoms with van der Waals surface area (Å²) in [6, 6.07) is 11.0. The molecule has 0 fully saturated rings. The Labute approximate surface area is 161 Å². The van der Waals surface area contributed by atoms with E-state index in [1.165, 1.54) is 0 Å². The van der Waals surface area contributed by atoms with Crippen LogP contribution < -0.4 is 15.0 Å². The third-order valence-corrected chi connectivity index (χ3v) is 4.87. The van der Waals surface area contributed by atoms with Gasteiger partial charge in [-0.25, -0.2) is 4.98 Å². The van der Waals surface area contributed by atoms with Crippen molar-refractivity contribution in [1.82, 2.24) is 9.55 Å². The summed E-state index contributed by atoms with van der Waals surface area (Å²) in [5, 5.41) is 1.09. The Bertz CT molecular complexity index is 1120. The van der Waals surface area contributed by atoms with Crippen molar-refractivity contribution < 1.29 is 9.47 Å². The summed E-state index contributed by atoms with van der Waals surface area (Å²) < 4.78 is 12.7. The van der Waals surface area contributed by atoms with E-state index in [2.05, 4.69) is 6.08 Å². The maximum absolute atomic E-state index is 12.8. The van der Waals surface area contributed by atoms with Gasteiger partial charge in [0.25, 0.3) is 5.56 Å². The maximum Gasteiger partial charge on any atom is 0.261 e. The van der Waals surface area contributed by atoms with E-state index in [1.54, 1.807) is 29.9 Å². The van der Waals surface area contributed by atoms with E-state index in [1.807, 2.05) is 25.1 Å². The van der Waals surface area contributed by atoms with Crippen LogP contribution in [-0.4, -0.2) is 23.3 Å². The largest absolute Gasteiger partial charge is 0.493 e. The average molecular weight is 383 g/mol. The van der Waals surface area contributed by atoms with Gasteiger partial charge in [0, 0.05) is 11.6 Å². The topological polar surface area (TPSA) is 53.4 Å². The molecular formula is C21H19ClN2O3. The van der Waals surface area contributed by atoms with E-state index < -0.39 is 0 Å². The summed E-state index contributed by atoms with van der Waals surface area (Å²) in [6.45, 7) is 3.11. The van der Waals surface area contributed by atoms with Crippen LogP contribution in [-0.2, 0) is 6.54 Å². The van der Waals surface area contributed by atoms with Crippen LogP contribution in [0, 0.1) is 0 Å². The fraction of sp³-hybridized carbons (Fsp3) is 0.238. The van der Waals surface area contributed by atoms with Gasteiger partial charge >= 0.3 is 0 Å². The van der Waals surface area contributed by atoms with Crippen LogP contribution >= 0.6 is 11.6 Å². The lowest BCUT2D eigenvalue weighted by molar-refractivity contribution is 0.311. The number of hydrogen-bond acceptors (Lipinski definition) is 4. The van der Waals surface area contributed by atoms with Crippen LogP contribution in [0.2, 0.25) is 5.02 Å². The lowest BCUT2D eigenvalue weighted by atomic mass is 10.1. The van der Waals surface area contributed by atoms with Crippen molar-refractivity contribution >= 4 is 34.2 Å². The van der Waals surface area contributed by atoms with Crippen molar-refractivity contribution in [2.24, 2.45) is 0 Å². The second-order valence-corrected chi connectivity index (χ2v) is 6.75. The first-order chi connectivity index (χ1) is 13.1. The van der Waals surface area contributed by atoms with Crippen molar-refractivity contribution in [3.63, 3.8) is 0 Å². The third kappa shape index (κ3) is 3.19. The summed E-state index contributed by atoms with van der Waals surface area (Å²) >= 11 is 6.03. The van der Waals surface area contributed by atoms with E-state index in [-0.39, 0.29) is 5.56 Å². The number of aromatic nitrogens is 2. The highest BCUT2D eigenvalue weighted by Crippen LogP contribution is 2.32. The molecular weight excluding hydrogens is 364 g/mol. The Morgan fingerprint density at radius 3 is 2.85 bits per heavy atom. The number of allylic oxidation sites excluding steroid dienone is 1. The number of fused-ring (bicyclic) bond motifs is 2. The predicted molar refractivity (Wildman–Crippen MR) is 108 cm³/mol. The van der Waals surface area contributed by atoms with Crippen LogP contribution in [0.3, 0.4) is 0 Å². The number of methoxy groups -OCH3 is 1. The van der Waals surface area contributed by atoms with E-state index in [0.717, 1.165) is 17.6 Å². The molecule has 0 saturated carbocycles. The Morgan fingerprint density at radius 2 is 2.07 bits per heavy atom. The Balaban J connectivity index is 1.80. The van der Waals surface area contributed by atoms with Gasteiger partial charge in [-0.15, -0.1) is 0 Å². The Kier molecular flexibility index (Phi) is 4.62. The first kappa shape index (κ1) is 17.6. The quantitative estimate of drug-likeness (QED) is 0.671. The zero-order valence-corrected chi connectivity index (χ0v) is 15.9. The zero-order chi connectivity index (χ0) is 19.0. The van der Waals surface area contributed by atoms with Gasteiger partial charge in [0.2, 0.25) is 0 Å². The molecule has 4 rings (SSSR count). The van der Waals surface area contributed by atoms with Crippen LogP contribution in [0.1, 0.15) is 24.7 Å². The first-order valence-electron chi connectivity index (χ1n) is 8.82. The summed E-state index contributed by atoms with van der Waals surface area (Å²) in [4.78, 5) is 17.5. The predicted octanol–water partition coefficient (Wildman–Crippen LogP) is 4.40. The molecule has 0 bridgehead atoms. The molecule has 3 aromatic rings. The normalized spacial score (nSPS) is 14.6. The molecule has 2 aromatic carbocycles. The number of hydrogen-bond donors (Lipinski definition) is 0. The lowest BCUT2D eigenvalue weighted by Gasteiger charge is -2.10. The molecule has 0 unspecified atom stereocenters. The number of ether oxygens (including phenoxy) is 2. The second kappa shape index (κ2) is 7.08. The molecule has 0 aliphatic carbocycles. The molecule has 2 heterocycles. The first-order valence-corrected chi connectivity index (χ1v) is 9.20. The Morgan fingerprint density at radius 1 is 1.22 bits per heavy atom. The molecule has 0 radical (unpaired) electrons. The molecule has 1 aliphatic rings. The molecule has 0 N–H and O–H groups in total. The second-order valence-electron chi connectivity index (χ2n) is 6.32. The SMILES string of the molecule is CCOc1cc(/C=C2\CCn3c2nc2ccc(Cl)cc2c3=O)ccc1OC. The van der Waals surface area contributed by atoms with Gasteiger partial charge in [-0.1, -0.05) is 17.7 Å². The van der Waals surface area contributed by atoms with Gasteiger partial charge in [-0.3, -0.25) is 9.36 Å².